The summed E-state index contributed by atoms with van der Waals surface area (Å²) >= 11 is 0. The minimum atomic E-state index is -0.339. The van der Waals surface area contributed by atoms with Crippen LogP contribution in [0.15, 0.2) is 46.8 Å². The number of phenols is 1. The molecular formula is C16H14N4O3. The van der Waals surface area contributed by atoms with E-state index in [1.54, 1.807) is 6.20 Å². The van der Waals surface area contributed by atoms with Gasteiger partial charge in [-0.25, -0.2) is 5.43 Å². The van der Waals surface area contributed by atoms with Gasteiger partial charge in [-0.05, 0) is 47.8 Å². The van der Waals surface area contributed by atoms with E-state index < -0.39 is 0 Å². The topological polar surface area (TPSA) is 107 Å². The van der Waals surface area contributed by atoms with Gasteiger partial charge in [-0.1, -0.05) is 6.08 Å². The molecule has 1 aromatic carbocycles. The van der Waals surface area contributed by atoms with Crippen LogP contribution in [0.5, 0.6) is 5.75 Å². The summed E-state index contributed by atoms with van der Waals surface area (Å²) in [4.78, 5) is 25.8. The molecule has 1 aliphatic rings. The van der Waals surface area contributed by atoms with Crippen LogP contribution in [0.3, 0.4) is 0 Å². The number of nitrogens with one attached hydrogen (secondary N) is 2. The third kappa shape index (κ3) is 3.03. The monoisotopic (exact) mass is 310 g/mol. The molecule has 2 aromatic rings. The largest absolute Gasteiger partial charge is 0.507 e. The van der Waals surface area contributed by atoms with E-state index in [0.29, 0.717) is 11.1 Å². The van der Waals surface area contributed by atoms with Crippen LogP contribution in [0, 0.1) is 4.91 Å². The van der Waals surface area contributed by atoms with Crippen LogP contribution in [-0.4, -0.2) is 22.2 Å². The molecule has 1 heterocycles. The number of aromatic hydroxyl groups is 1. The van der Waals surface area contributed by atoms with Crippen molar-refractivity contribution >= 4 is 23.4 Å². The normalized spacial score (nSPS) is 13.5. The second-order valence-electron chi connectivity index (χ2n) is 5.07. The van der Waals surface area contributed by atoms with E-state index in [4.69, 9.17) is 0 Å². The molecule has 23 heavy (non-hydrogen) atoms. The molecule has 7 heteroatoms. The van der Waals surface area contributed by atoms with E-state index in [9.17, 15) is 14.8 Å². The molecule has 0 aliphatic heterocycles. The molecule has 0 bridgehead atoms. The molecule has 0 spiro atoms. The zero-order valence-corrected chi connectivity index (χ0v) is 12.1. The lowest BCUT2D eigenvalue weighted by atomic mass is 9.97. The molecule has 1 aliphatic carbocycles. The van der Waals surface area contributed by atoms with Crippen molar-refractivity contribution in [2.45, 2.75) is 12.8 Å². The molecule has 116 valence electrons. The van der Waals surface area contributed by atoms with Crippen molar-refractivity contribution in [3.63, 3.8) is 0 Å². The summed E-state index contributed by atoms with van der Waals surface area (Å²) in [6.45, 7) is 0. The predicted octanol–water partition coefficient (Wildman–Crippen LogP) is 2.60. The molecule has 0 radical (unpaired) electrons. The highest BCUT2D eigenvalue weighted by Crippen LogP contribution is 2.25. The predicted molar refractivity (Wildman–Crippen MR) is 86.4 cm³/mol. The number of allylic oxidation sites excluding steroid dienone is 1. The van der Waals surface area contributed by atoms with Crippen molar-refractivity contribution in [2.24, 2.45) is 10.3 Å². The number of aryl methyl sites for hydroxylation is 1. The first-order valence-corrected chi connectivity index (χ1v) is 7.05. The number of nitroso groups, excluding NO2 is 1. The van der Waals surface area contributed by atoms with Crippen molar-refractivity contribution in [1.29, 1.82) is 0 Å². The van der Waals surface area contributed by atoms with Crippen LogP contribution in [0.2, 0.25) is 0 Å². The van der Waals surface area contributed by atoms with Gasteiger partial charge in [-0.2, -0.15) is 5.10 Å². The standard InChI is InChI=1S/C16H14N4O3/c21-14-5-4-12(20-23)8-11(14)9-18-19-16(22)13-3-1-2-10-6-7-17-15(10)13/h3-9,17,21H,1-2H2,(H,19,22)/b18-9+. The summed E-state index contributed by atoms with van der Waals surface area (Å²) in [5, 5.41) is 16.3. The highest BCUT2D eigenvalue weighted by molar-refractivity contribution is 6.19. The number of phenolic OH excluding ortho intramolecular Hbond substituents is 1. The zero-order chi connectivity index (χ0) is 16.2. The van der Waals surface area contributed by atoms with E-state index in [1.807, 2.05) is 12.1 Å². The number of amides is 1. The van der Waals surface area contributed by atoms with Crippen molar-refractivity contribution in [1.82, 2.24) is 10.4 Å². The fourth-order valence-corrected chi connectivity index (χ4v) is 2.46. The number of H-pyrrole nitrogens is 1. The number of fused-ring (bicyclic) bond motifs is 1. The first-order chi connectivity index (χ1) is 11.2. The third-order valence-corrected chi connectivity index (χ3v) is 3.60. The van der Waals surface area contributed by atoms with Crippen LogP contribution in [0.4, 0.5) is 5.69 Å². The fourth-order valence-electron chi connectivity index (χ4n) is 2.46. The molecule has 3 N–H and O–H groups in total. The molecular weight excluding hydrogens is 296 g/mol. The summed E-state index contributed by atoms with van der Waals surface area (Å²) < 4.78 is 0. The van der Waals surface area contributed by atoms with E-state index in [2.05, 4.69) is 20.7 Å². The Morgan fingerprint density at radius 2 is 2.22 bits per heavy atom. The summed E-state index contributed by atoms with van der Waals surface area (Å²) in [5.74, 6) is -0.396. The van der Waals surface area contributed by atoms with E-state index in [1.165, 1.54) is 24.4 Å². The van der Waals surface area contributed by atoms with Crippen LogP contribution >= 0.6 is 0 Å². The van der Waals surface area contributed by atoms with Gasteiger partial charge in [-0.3, -0.25) is 4.79 Å². The average molecular weight is 310 g/mol. The number of rotatable bonds is 4. The Hall–Kier alpha value is -3.22. The minimum Gasteiger partial charge on any atom is -0.507 e. The number of benzene rings is 1. The minimum absolute atomic E-state index is 0.0565. The highest BCUT2D eigenvalue weighted by atomic mass is 16.3. The number of nitrogens with zero attached hydrogens (tertiary/aromatic N) is 2. The van der Waals surface area contributed by atoms with Crippen molar-refractivity contribution in [3.8, 4) is 5.75 Å². The molecule has 0 saturated heterocycles. The van der Waals surface area contributed by atoms with Gasteiger partial charge in [0, 0.05) is 11.8 Å². The van der Waals surface area contributed by atoms with Crippen LogP contribution in [0.1, 0.15) is 23.2 Å². The number of carbonyl (C=O) groups excluding carboxylic acids is 1. The Morgan fingerprint density at radius 3 is 3.04 bits per heavy atom. The summed E-state index contributed by atoms with van der Waals surface area (Å²) in [5.41, 5.74) is 5.33. The third-order valence-electron chi connectivity index (χ3n) is 3.60. The number of hydrogen-bond donors (Lipinski definition) is 3. The molecule has 0 atom stereocenters. The van der Waals surface area contributed by atoms with E-state index in [0.717, 1.165) is 24.1 Å². The lowest BCUT2D eigenvalue weighted by Gasteiger charge is -2.12. The molecule has 1 aromatic heterocycles. The van der Waals surface area contributed by atoms with Gasteiger partial charge in [-0.15, -0.1) is 4.91 Å². The number of carbonyl (C=O) groups is 1. The highest BCUT2D eigenvalue weighted by Gasteiger charge is 2.19. The Morgan fingerprint density at radius 1 is 1.35 bits per heavy atom. The number of aromatic amines is 1. The Kier molecular flexibility index (Phi) is 4.01. The number of hydrazone groups is 1. The fraction of sp³-hybridized carbons (Fsp3) is 0.125. The summed E-state index contributed by atoms with van der Waals surface area (Å²) in [6.07, 6.45) is 6.62. The molecule has 0 unspecified atom stereocenters. The van der Waals surface area contributed by atoms with Gasteiger partial charge in [0.05, 0.1) is 17.5 Å². The number of aromatic nitrogens is 1. The van der Waals surface area contributed by atoms with Crippen molar-refractivity contribution in [3.05, 3.63) is 58.3 Å². The van der Waals surface area contributed by atoms with Crippen LogP contribution in [-0.2, 0) is 11.2 Å². The lowest BCUT2D eigenvalue weighted by Crippen LogP contribution is -2.21. The maximum atomic E-state index is 12.2. The van der Waals surface area contributed by atoms with Crippen molar-refractivity contribution in [2.75, 3.05) is 0 Å². The van der Waals surface area contributed by atoms with E-state index >= 15 is 0 Å². The molecule has 3 rings (SSSR count). The molecule has 0 fully saturated rings. The molecule has 0 saturated carbocycles. The average Bonchev–Trinajstić information content (AvgIpc) is 3.05. The summed E-state index contributed by atoms with van der Waals surface area (Å²) in [7, 11) is 0. The van der Waals surface area contributed by atoms with Crippen molar-refractivity contribution < 1.29 is 9.90 Å². The molecule has 7 nitrogen and oxygen atoms in total. The Balaban J connectivity index is 1.72. The van der Waals surface area contributed by atoms with E-state index in [-0.39, 0.29) is 17.3 Å². The van der Waals surface area contributed by atoms with Gasteiger partial charge in [0.1, 0.15) is 11.4 Å². The second kappa shape index (κ2) is 6.27. The smallest absolute Gasteiger partial charge is 0.273 e. The maximum absolute atomic E-state index is 12.2. The van der Waals surface area contributed by atoms with Gasteiger partial charge >= 0.3 is 0 Å². The van der Waals surface area contributed by atoms with Gasteiger partial charge in [0.25, 0.3) is 5.91 Å². The first kappa shape index (κ1) is 14.7. The molecule has 1 amide bonds. The SMILES string of the molecule is O=Nc1ccc(O)c(/C=N/NC(=O)C2=CCCc3cc[nH]c32)c1. The lowest BCUT2D eigenvalue weighted by molar-refractivity contribution is -0.115. The quantitative estimate of drug-likeness (QED) is 0.459. The zero-order valence-electron chi connectivity index (χ0n) is 12.1. The van der Waals surface area contributed by atoms with Crippen LogP contribution < -0.4 is 5.43 Å². The van der Waals surface area contributed by atoms with Crippen LogP contribution in [0.25, 0.3) is 5.57 Å². The Bertz CT molecular complexity index is 820. The van der Waals surface area contributed by atoms with Gasteiger partial charge < -0.3 is 10.1 Å². The summed E-state index contributed by atoms with van der Waals surface area (Å²) in [6, 6.07) is 6.06. The van der Waals surface area contributed by atoms with Gasteiger partial charge in [0.2, 0.25) is 0 Å². The second-order valence-corrected chi connectivity index (χ2v) is 5.07. The number of hydrogen-bond acceptors (Lipinski definition) is 5. The first-order valence-electron chi connectivity index (χ1n) is 7.05. The van der Waals surface area contributed by atoms with Gasteiger partial charge in [0.15, 0.2) is 0 Å². The maximum Gasteiger partial charge on any atom is 0.273 e. The Labute approximate surface area is 131 Å².